The lowest BCUT2D eigenvalue weighted by molar-refractivity contribution is -0.129. The lowest BCUT2D eigenvalue weighted by Gasteiger charge is -2.26. The van der Waals surface area contributed by atoms with Crippen LogP contribution in [-0.2, 0) is 24.3 Å². The molecule has 1 aromatic carbocycles. The molecule has 2 fully saturated rings. The van der Waals surface area contributed by atoms with Gasteiger partial charge in [-0.2, -0.15) is 4.31 Å². The highest BCUT2D eigenvalue weighted by Crippen LogP contribution is 2.21. The summed E-state index contributed by atoms with van der Waals surface area (Å²) in [5.41, 5.74) is 0.132. The fourth-order valence-corrected chi connectivity index (χ4v) is 4.45. The van der Waals surface area contributed by atoms with Crippen molar-refractivity contribution in [2.75, 3.05) is 26.3 Å². The Bertz CT molecular complexity index is 754. The summed E-state index contributed by atoms with van der Waals surface area (Å²) in [6.45, 7) is 1.27. The molecule has 1 saturated carbocycles. The standard InChI is InChI=1S/C17H21NO6S/c19-15-6-1-2-7-16(15)24-17(20)13-4-3-5-14(12-13)25(21,22)18-8-10-23-11-9-18/h3-5,12,16H,1-2,6-11H2/t16-/m1/s1. The normalized spacial score (nSPS) is 22.6. The van der Waals surface area contributed by atoms with Gasteiger partial charge in [0.1, 0.15) is 0 Å². The number of hydrogen-bond donors (Lipinski definition) is 0. The van der Waals surface area contributed by atoms with E-state index in [1.54, 1.807) is 0 Å². The van der Waals surface area contributed by atoms with E-state index in [1.807, 2.05) is 0 Å². The molecule has 8 heteroatoms. The fourth-order valence-electron chi connectivity index (χ4n) is 2.99. The zero-order chi connectivity index (χ0) is 17.9. The fraction of sp³-hybridized carbons (Fsp3) is 0.529. The number of hydrogen-bond acceptors (Lipinski definition) is 6. The Morgan fingerprint density at radius 1 is 1.20 bits per heavy atom. The molecule has 25 heavy (non-hydrogen) atoms. The average molecular weight is 367 g/mol. The molecule has 1 atom stereocenters. The van der Waals surface area contributed by atoms with Crippen LogP contribution in [0.5, 0.6) is 0 Å². The van der Waals surface area contributed by atoms with Crippen LogP contribution < -0.4 is 0 Å². The highest BCUT2D eigenvalue weighted by molar-refractivity contribution is 7.89. The van der Waals surface area contributed by atoms with Crippen LogP contribution in [0.25, 0.3) is 0 Å². The number of benzene rings is 1. The number of carbonyl (C=O) groups excluding carboxylic acids is 2. The van der Waals surface area contributed by atoms with Gasteiger partial charge in [0.05, 0.1) is 23.7 Å². The van der Waals surface area contributed by atoms with Crippen molar-refractivity contribution in [2.24, 2.45) is 0 Å². The van der Waals surface area contributed by atoms with Gasteiger partial charge < -0.3 is 9.47 Å². The maximum absolute atomic E-state index is 12.7. The first kappa shape index (κ1) is 18.0. The minimum absolute atomic E-state index is 0.0406. The maximum atomic E-state index is 12.7. The van der Waals surface area contributed by atoms with Crippen LogP contribution in [0.4, 0.5) is 0 Å². The second-order valence-corrected chi connectivity index (χ2v) is 8.09. The third-order valence-corrected chi connectivity index (χ3v) is 6.32. The van der Waals surface area contributed by atoms with Crippen molar-refractivity contribution in [1.29, 1.82) is 0 Å². The van der Waals surface area contributed by atoms with Crippen molar-refractivity contribution >= 4 is 21.8 Å². The van der Waals surface area contributed by atoms with E-state index >= 15 is 0 Å². The molecule has 0 spiro atoms. The van der Waals surface area contributed by atoms with E-state index in [0.29, 0.717) is 26.1 Å². The molecule has 0 aromatic heterocycles. The van der Waals surface area contributed by atoms with Gasteiger partial charge in [0, 0.05) is 19.5 Å². The Morgan fingerprint density at radius 2 is 1.96 bits per heavy atom. The topological polar surface area (TPSA) is 90.0 Å². The molecule has 0 unspecified atom stereocenters. The van der Waals surface area contributed by atoms with Crippen molar-refractivity contribution < 1.29 is 27.5 Å². The Balaban J connectivity index is 1.76. The van der Waals surface area contributed by atoms with E-state index in [4.69, 9.17) is 9.47 Å². The summed E-state index contributed by atoms with van der Waals surface area (Å²) < 4.78 is 37.1. The van der Waals surface area contributed by atoms with Crippen molar-refractivity contribution in [3.8, 4) is 0 Å². The molecule has 0 N–H and O–H groups in total. The van der Waals surface area contributed by atoms with Crippen molar-refractivity contribution in [2.45, 2.75) is 36.7 Å². The molecule has 0 amide bonds. The second-order valence-electron chi connectivity index (χ2n) is 6.15. The van der Waals surface area contributed by atoms with Crippen LogP contribution in [0, 0.1) is 0 Å². The molecule has 1 aromatic rings. The monoisotopic (exact) mass is 367 g/mol. The lowest BCUT2D eigenvalue weighted by Crippen LogP contribution is -2.40. The molecule has 1 heterocycles. The Morgan fingerprint density at radius 3 is 2.68 bits per heavy atom. The minimum Gasteiger partial charge on any atom is -0.451 e. The van der Waals surface area contributed by atoms with Gasteiger partial charge in [-0.25, -0.2) is 13.2 Å². The second kappa shape index (κ2) is 7.63. The summed E-state index contributed by atoms with van der Waals surface area (Å²) in [7, 11) is -3.68. The van der Waals surface area contributed by atoms with Crippen LogP contribution in [-0.4, -0.2) is 56.9 Å². The Hall–Kier alpha value is -1.77. The van der Waals surface area contributed by atoms with Crippen LogP contribution in [0.3, 0.4) is 0 Å². The number of nitrogens with zero attached hydrogens (tertiary/aromatic N) is 1. The van der Waals surface area contributed by atoms with Gasteiger partial charge in [-0.1, -0.05) is 6.07 Å². The van der Waals surface area contributed by atoms with Crippen LogP contribution >= 0.6 is 0 Å². The van der Waals surface area contributed by atoms with Crippen molar-refractivity contribution in [3.05, 3.63) is 29.8 Å². The summed E-state index contributed by atoms with van der Waals surface area (Å²) >= 11 is 0. The summed E-state index contributed by atoms with van der Waals surface area (Å²) in [4.78, 5) is 24.2. The zero-order valence-electron chi connectivity index (χ0n) is 13.8. The summed E-state index contributed by atoms with van der Waals surface area (Å²) in [5.74, 6) is -0.740. The highest BCUT2D eigenvalue weighted by atomic mass is 32.2. The largest absolute Gasteiger partial charge is 0.451 e. The van der Waals surface area contributed by atoms with Gasteiger partial charge in [0.15, 0.2) is 11.9 Å². The number of ketones is 1. The van der Waals surface area contributed by atoms with Crippen LogP contribution in [0.2, 0.25) is 0 Å². The predicted molar refractivity (Wildman–Crippen MR) is 88.7 cm³/mol. The molecule has 1 saturated heterocycles. The van der Waals surface area contributed by atoms with Crippen LogP contribution in [0.15, 0.2) is 29.2 Å². The molecule has 1 aliphatic carbocycles. The van der Waals surface area contributed by atoms with Crippen molar-refractivity contribution in [1.82, 2.24) is 4.31 Å². The molecule has 7 nitrogen and oxygen atoms in total. The quantitative estimate of drug-likeness (QED) is 0.747. The SMILES string of the molecule is O=C(O[C@@H]1CCCCC1=O)c1cccc(S(=O)(=O)N2CCOCC2)c1. The van der Waals surface area contributed by atoms with E-state index in [0.717, 1.165) is 12.8 Å². The molecule has 3 rings (SSSR count). The Labute approximate surface area is 147 Å². The first-order valence-corrected chi connectivity index (χ1v) is 9.84. The number of morpholine rings is 1. The summed E-state index contributed by atoms with van der Waals surface area (Å²) in [6.07, 6.45) is 1.88. The van der Waals surface area contributed by atoms with Gasteiger partial charge >= 0.3 is 5.97 Å². The molecule has 1 aliphatic heterocycles. The Kier molecular flexibility index (Phi) is 5.51. The lowest BCUT2D eigenvalue weighted by atomic mass is 9.96. The number of carbonyl (C=O) groups is 2. The molecule has 0 radical (unpaired) electrons. The van der Waals surface area contributed by atoms with Gasteiger partial charge in [-0.3, -0.25) is 4.79 Å². The minimum atomic E-state index is -3.68. The predicted octanol–water partition coefficient (Wildman–Crippen LogP) is 1.38. The van der Waals surface area contributed by atoms with E-state index in [-0.39, 0.29) is 29.3 Å². The molecular weight excluding hydrogens is 346 g/mol. The van der Waals surface area contributed by atoms with Gasteiger partial charge in [0.25, 0.3) is 0 Å². The average Bonchev–Trinajstić information content (AvgIpc) is 2.64. The smallest absolute Gasteiger partial charge is 0.338 e. The first-order chi connectivity index (χ1) is 12.0. The first-order valence-electron chi connectivity index (χ1n) is 8.40. The number of sulfonamides is 1. The van der Waals surface area contributed by atoms with Crippen LogP contribution in [0.1, 0.15) is 36.0 Å². The van der Waals surface area contributed by atoms with E-state index in [1.165, 1.54) is 28.6 Å². The molecule has 136 valence electrons. The number of rotatable bonds is 4. The van der Waals surface area contributed by atoms with Gasteiger partial charge in [-0.15, -0.1) is 0 Å². The summed E-state index contributed by atoms with van der Waals surface area (Å²) in [6, 6.07) is 5.76. The molecular formula is C17H21NO6S. The maximum Gasteiger partial charge on any atom is 0.338 e. The van der Waals surface area contributed by atoms with Gasteiger partial charge in [0.2, 0.25) is 10.0 Å². The number of Topliss-reactive ketones (excluding diaryl/α,β-unsaturated/α-hetero) is 1. The third kappa shape index (κ3) is 4.08. The molecule has 0 bridgehead atoms. The van der Waals surface area contributed by atoms with E-state index in [2.05, 4.69) is 0 Å². The van der Waals surface area contributed by atoms with Crippen molar-refractivity contribution in [3.63, 3.8) is 0 Å². The highest BCUT2D eigenvalue weighted by Gasteiger charge is 2.29. The summed E-state index contributed by atoms with van der Waals surface area (Å²) in [5, 5.41) is 0. The third-order valence-electron chi connectivity index (χ3n) is 4.43. The van der Waals surface area contributed by atoms with E-state index in [9.17, 15) is 18.0 Å². The zero-order valence-corrected chi connectivity index (χ0v) is 14.7. The number of ether oxygens (including phenoxy) is 2. The van der Waals surface area contributed by atoms with E-state index < -0.39 is 22.1 Å². The number of esters is 1. The molecule has 2 aliphatic rings. The van der Waals surface area contributed by atoms with Gasteiger partial charge in [-0.05, 0) is 37.5 Å².